The van der Waals surface area contributed by atoms with E-state index in [0.29, 0.717) is 0 Å². The Morgan fingerprint density at radius 3 is 2.35 bits per heavy atom. The maximum Gasteiger partial charge on any atom is 0.229 e. The highest BCUT2D eigenvalue weighted by Crippen LogP contribution is 2.42. The normalized spacial score (nSPS) is 23.3. The number of hydrogen-bond donors (Lipinski definition) is 6. The molecule has 6 N–H and O–H groups in total. The summed E-state index contributed by atoms with van der Waals surface area (Å²) in [7, 11) is 0. The SMILES string of the molecule is Cl.O=c1cc2oc(-c3ccc(O)c(O)c3)c(OC3OCC(O)C(O)C3O)cc-2c(O)c1. The average molecular weight is 455 g/mol. The molecule has 10 nitrogen and oxygen atoms in total. The van der Waals surface area contributed by atoms with Gasteiger partial charge in [0, 0.05) is 17.7 Å². The van der Waals surface area contributed by atoms with E-state index in [9.17, 15) is 35.4 Å². The molecular weight excluding hydrogens is 436 g/mol. The molecule has 0 bridgehead atoms. The van der Waals surface area contributed by atoms with E-state index in [1.807, 2.05) is 0 Å². The van der Waals surface area contributed by atoms with Crippen LogP contribution in [0.5, 0.6) is 23.0 Å². The summed E-state index contributed by atoms with van der Waals surface area (Å²) in [6, 6.07) is 7.27. The fraction of sp³-hybridized carbons (Fsp3) is 0.250. The van der Waals surface area contributed by atoms with Crippen molar-refractivity contribution in [3.05, 3.63) is 46.6 Å². The number of phenolic OH excluding ortho intramolecular Hbond substituents is 3. The van der Waals surface area contributed by atoms with Crippen molar-refractivity contribution in [2.75, 3.05) is 6.61 Å². The van der Waals surface area contributed by atoms with Gasteiger partial charge in [-0.15, -0.1) is 12.4 Å². The Kier molecular flexibility index (Phi) is 6.30. The molecule has 2 aliphatic heterocycles. The average Bonchev–Trinajstić information content (AvgIpc) is 2.70. The van der Waals surface area contributed by atoms with Crippen LogP contribution < -0.4 is 10.2 Å². The van der Waals surface area contributed by atoms with Crippen LogP contribution in [0.25, 0.3) is 22.6 Å². The lowest BCUT2D eigenvalue weighted by Crippen LogP contribution is -2.54. The van der Waals surface area contributed by atoms with Gasteiger partial charge in [0.1, 0.15) is 29.8 Å². The highest BCUT2D eigenvalue weighted by molar-refractivity contribution is 5.85. The van der Waals surface area contributed by atoms with Gasteiger partial charge in [0.15, 0.2) is 28.4 Å². The Hall–Kier alpha value is -3.02. The van der Waals surface area contributed by atoms with Crippen molar-refractivity contribution in [3.63, 3.8) is 0 Å². The van der Waals surface area contributed by atoms with Crippen LogP contribution in [0.3, 0.4) is 0 Å². The number of fused-ring (bicyclic) bond motifs is 1. The summed E-state index contributed by atoms with van der Waals surface area (Å²) in [5, 5.41) is 59.1. The first-order valence-electron chi connectivity index (χ1n) is 8.90. The summed E-state index contributed by atoms with van der Waals surface area (Å²) in [4.78, 5) is 11.7. The van der Waals surface area contributed by atoms with Crippen molar-refractivity contribution in [1.82, 2.24) is 0 Å². The van der Waals surface area contributed by atoms with Crippen molar-refractivity contribution >= 4 is 12.4 Å². The minimum absolute atomic E-state index is 0. The molecular formula is C20H19ClO10. The van der Waals surface area contributed by atoms with Crippen molar-refractivity contribution in [2.24, 2.45) is 0 Å². The number of hydrogen-bond acceptors (Lipinski definition) is 10. The van der Waals surface area contributed by atoms with E-state index in [1.165, 1.54) is 24.3 Å². The fourth-order valence-electron chi connectivity index (χ4n) is 3.14. The monoisotopic (exact) mass is 454 g/mol. The van der Waals surface area contributed by atoms with Gasteiger partial charge in [0.2, 0.25) is 6.29 Å². The smallest absolute Gasteiger partial charge is 0.229 e. The molecule has 3 aliphatic rings. The van der Waals surface area contributed by atoms with Gasteiger partial charge in [-0.05, 0) is 24.3 Å². The highest BCUT2D eigenvalue weighted by atomic mass is 35.5. The van der Waals surface area contributed by atoms with Crippen molar-refractivity contribution in [3.8, 4) is 45.6 Å². The van der Waals surface area contributed by atoms with Gasteiger partial charge in [-0.2, -0.15) is 0 Å². The molecule has 1 aromatic rings. The number of phenols is 3. The molecule has 11 heteroatoms. The van der Waals surface area contributed by atoms with Crippen LogP contribution in [0.1, 0.15) is 0 Å². The Balaban J connectivity index is 0.00000272. The molecule has 0 aromatic heterocycles. The lowest BCUT2D eigenvalue weighted by molar-refractivity contribution is -0.242. The van der Waals surface area contributed by atoms with Crippen molar-refractivity contribution in [1.29, 1.82) is 0 Å². The predicted molar refractivity (Wildman–Crippen MR) is 108 cm³/mol. The van der Waals surface area contributed by atoms with E-state index in [4.69, 9.17) is 13.9 Å². The second-order valence-electron chi connectivity index (χ2n) is 6.87. The lowest BCUT2D eigenvalue weighted by Gasteiger charge is -2.35. The molecule has 0 amide bonds. The summed E-state index contributed by atoms with van der Waals surface area (Å²) in [6.45, 7) is -0.298. The summed E-state index contributed by atoms with van der Waals surface area (Å²) >= 11 is 0. The molecule has 31 heavy (non-hydrogen) atoms. The van der Waals surface area contributed by atoms with E-state index in [1.54, 1.807) is 0 Å². The lowest BCUT2D eigenvalue weighted by atomic mass is 10.0. The first kappa shape index (κ1) is 22.7. The highest BCUT2D eigenvalue weighted by Gasteiger charge is 2.39. The molecule has 4 unspecified atom stereocenters. The van der Waals surface area contributed by atoms with Gasteiger partial charge in [0.05, 0.1) is 12.2 Å². The third-order valence-electron chi connectivity index (χ3n) is 4.74. The van der Waals surface area contributed by atoms with Crippen LogP contribution in [0.2, 0.25) is 0 Å². The Morgan fingerprint density at radius 2 is 1.65 bits per heavy atom. The Bertz CT molecular complexity index is 1110. The molecule has 166 valence electrons. The van der Waals surface area contributed by atoms with Crippen LogP contribution in [0.15, 0.2) is 45.6 Å². The van der Waals surface area contributed by atoms with Gasteiger partial charge in [-0.1, -0.05) is 0 Å². The molecule has 1 saturated heterocycles. The molecule has 0 radical (unpaired) electrons. The van der Waals surface area contributed by atoms with E-state index in [2.05, 4.69) is 0 Å². The van der Waals surface area contributed by atoms with Crippen LogP contribution >= 0.6 is 12.4 Å². The quantitative estimate of drug-likeness (QED) is 0.310. The maximum atomic E-state index is 11.7. The number of ether oxygens (including phenoxy) is 2. The summed E-state index contributed by atoms with van der Waals surface area (Å²) in [5.41, 5.74) is -0.133. The zero-order valence-electron chi connectivity index (χ0n) is 15.7. The predicted octanol–water partition coefficient (Wildman–Crippen LogP) is 0.768. The van der Waals surface area contributed by atoms with Crippen LogP contribution in [0.4, 0.5) is 0 Å². The van der Waals surface area contributed by atoms with Gasteiger partial charge in [0.25, 0.3) is 0 Å². The number of aliphatic hydroxyl groups excluding tert-OH is 3. The fourth-order valence-corrected chi connectivity index (χ4v) is 3.14. The number of benzene rings is 2. The van der Waals surface area contributed by atoms with E-state index < -0.39 is 35.8 Å². The summed E-state index contributed by atoms with van der Waals surface area (Å²) in [5.74, 6) is -1.23. The molecule has 1 aromatic carbocycles. The van der Waals surface area contributed by atoms with Gasteiger partial charge >= 0.3 is 0 Å². The van der Waals surface area contributed by atoms with Crippen LogP contribution in [0, 0.1) is 0 Å². The largest absolute Gasteiger partial charge is 0.507 e. The number of aliphatic hydroxyl groups is 3. The van der Waals surface area contributed by atoms with E-state index in [-0.39, 0.29) is 58.9 Å². The molecule has 0 saturated carbocycles. The molecule has 4 atom stereocenters. The molecule has 4 rings (SSSR count). The third-order valence-corrected chi connectivity index (χ3v) is 4.74. The van der Waals surface area contributed by atoms with Crippen LogP contribution in [-0.2, 0) is 4.74 Å². The summed E-state index contributed by atoms with van der Waals surface area (Å²) in [6.07, 6.45) is -5.79. The van der Waals surface area contributed by atoms with Crippen molar-refractivity contribution in [2.45, 2.75) is 24.6 Å². The zero-order valence-corrected chi connectivity index (χ0v) is 16.5. The van der Waals surface area contributed by atoms with Crippen LogP contribution in [-0.4, -0.2) is 61.8 Å². The topological polar surface area (TPSA) is 170 Å². The van der Waals surface area contributed by atoms with E-state index >= 15 is 0 Å². The first-order chi connectivity index (χ1) is 14.2. The minimum atomic E-state index is -1.59. The van der Waals surface area contributed by atoms with Gasteiger partial charge < -0.3 is 44.5 Å². The Labute approximate surface area is 180 Å². The number of halogens is 1. The number of aromatic hydroxyl groups is 3. The molecule has 2 heterocycles. The molecule has 0 spiro atoms. The Morgan fingerprint density at radius 1 is 0.903 bits per heavy atom. The number of rotatable bonds is 3. The second-order valence-corrected chi connectivity index (χ2v) is 6.87. The molecule has 1 aliphatic carbocycles. The third kappa shape index (κ3) is 4.24. The van der Waals surface area contributed by atoms with Gasteiger partial charge in [-0.3, -0.25) is 4.79 Å². The molecule has 1 fully saturated rings. The van der Waals surface area contributed by atoms with Gasteiger partial charge in [-0.25, -0.2) is 0 Å². The minimum Gasteiger partial charge on any atom is -0.507 e. The zero-order chi connectivity index (χ0) is 21.6. The standard InChI is InChI=1S/C20H18O10.ClH/c21-9-4-12(23)10-6-16(30-20-18(27)17(26)14(25)7-28-20)19(29-15(10)5-9)8-1-2-11(22)13(24)3-8;/h1-6,14,17-18,20,22-27H,7H2;1H. The maximum absolute atomic E-state index is 11.7. The second kappa shape index (κ2) is 8.61. The summed E-state index contributed by atoms with van der Waals surface area (Å²) < 4.78 is 16.6. The van der Waals surface area contributed by atoms with E-state index in [0.717, 1.165) is 12.1 Å². The van der Waals surface area contributed by atoms with Crippen molar-refractivity contribution < 1.29 is 44.5 Å². The first-order valence-corrected chi connectivity index (χ1v) is 8.90.